The molecule has 0 spiro atoms. The number of ether oxygens (including phenoxy) is 2. The van der Waals surface area contributed by atoms with E-state index in [9.17, 15) is 9.59 Å². The molecule has 0 saturated heterocycles. The first-order chi connectivity index (χ1) is 14.2. The molecule has 0 atom stereocenters. The third-order valence-electron chi connectivity index (χ3n) is 5.38. The molecule has 4 rings (SSSR count). The predicted molar refractivity (Wildman–Crippen MR) is 111 cm³/mol. The fraction of sp³-hybridized carbons (Fsp3) is 0.391. The van der Waals surface area contributed by atoms with Gasteiger partial charge in [-0.05, 0) is 43.2 Å². The second-order valence-electron chi connectivity index (χ2n) is 7.56. The van der Waals surface area contributed by atoms with E-state index in [1.165, 1.54) is 12.8 Å². The molecular weight excluding hydrogens is 368 g/mol. The van der Waals surface area contributed by atoms with Gasteiger partial charge in [-0.3, -0.25) is 9.59 Å². The topological polar surface area (TPSA) is 76.7 Å². The lowest BCUT2D eigenvalue weighted by atomic mass is 10.1. The highest BCUT2D eigenvalue weighted by Crippen LogP contribution is 2.32. The van der Waals surface area contributed by atoms with Crippen LogP contribution in [0.5, 0.6) is 11.5 Å². The zero-order valence-corrected chi connectivity index (χ0v) is 16.4. The smallest absolute Gasteiger partial charge is 0.255 e. The molecule has 1 heterocycles. The van der Waals surface area contributed by atoms with Gasteiger partial charge in [0.05, 0.1) is 0 Å². The Labute approximate surface area is 170 Å². The van der Waals surface area contributed by atoms with Crippen molar-refractivity contribution in [2.75, 3.05) is 18.5 Å². The Morgan fingerprint density at radius 3 is 2.24 bits per heavy atom. The van der Waals surface area contributed by atoms with Crippen molar-refractivity contribution in [3.8, 4) is 11.5 Å². The highest BCUT2D eigenvalue weighted by atomic mass is 16.6. The van der Waals surface area contributed by atoms with Crippen molar-refractivity contribution in [3.63, 3.8) is 0 Å². The van der Waals surface area contributed by atoms with Crippen LogP contribution in [-0.2, 0) is 0 Å². The van der Waals surface area contributed by atoms with E-state index in [1.807, 2.05) is 0 Å². The Hall–Kier alpha value is -3.02. The van der Waals surface area contributed by atoms with E-state index < -0.39 is 0 Å². The van der Waals surface area contributed by atoms with Crippen molar-refractivity contribution in [1.29, 1.82) is 0 Å². The molecule has 1 saturated carbocycles. The molecule has 0 radical (unpaired) electrons. The standard InChI is InChI=1S/C23H26N2O4/c26-22(24-18-8-3-1-2-4-9-18)16-6-5-7-17(14-16)23(27)25-19-10-11-20-21(15-19)29-13-12-28-20/h5-7,10-11,14-15,18H,1-4,8-9,12-13H2,(H,24,26)(H,25,27). The van der Waals surface area contributed by atoms with Gasteiger partial charge in [-0.2, -0.15) is 0 Å². The van der Waals surface area contributed by atoms with Crippen LogP contribution >= 0.6 is 0 Å². The summed E-state index contributed by atoms with van der Waals surface area (Å²) < 4.78 is 11.1. The Balaban J connectivity index is 1.42. The van der Waals surface area contributed by atoms with E-state index in [2.05, 4.69) is 10.6 Å². The van der Waals surface area contributed by atoms with Crippen molar-refractivity contribution >= 4 is 17.5 Å². The minimum absolute atomic E-state index is 0.120. The lowest BCUT2D eigenvalue weighted by Crippen LogP contribution is -2.34. The maximum atomic E-state index is 12.7. The maximum Gasteiger partial charge on any atom is 0.255 e. The van der Waals surface area contributed by atoms with Crippen molar-refractivity contribution in [1.82, 2.24) is 5.32 Å². The summed E-state index contributed by atoms with van der Waals surface area (Å²) in [7, 11) is 0. The Bertz CT molecular complexity index is 888. The molecular formula is C23H26N2O4. The average Bonchev–Trinajstić information content (AvgIpc) is 3.02. The number of anilines is 1. The number of carbonyl (C=O) groups is 2. The molecule has 2 aromatic carbocycles. The number of carbonyl (C=O) groups excluding carboxylic acids is 2. The molecule has 2 aromatic rings. The molecule has 0 aromatic heterocycles. The van der Waals surface area contributed by atoms with Crippen LogP contribution < -0.4 is 20.1 Å². The SMILES string of the molecule is O=C(Nc1ccc2c(c1)OCCO2)c1cccc(C(=O)NC2CCCCCC2)c1. The highest BCUT2D eigenvalue weighted by Gasteiger charge is 2.17. The number of hydrogen-bond donors (Lipinski definition) is 2. The molecule has 1 aliphatic heterocycles. The van der Waals surface area contributed by atoms with E-state index >= 15 is 0 Å². The van der Waals surface area contributed by atoms with E-state index in [0.717, 1.165) is 25.7 Å². The second kappa shape index (κ2) is 8.99. The summed E-state index contributed by atoms with van der Waals surface area (Å²) in [6, 6.07) is 12.3. The first kappa shape index (κ1) is 19.3. The van der Waals surface area contributed by atoms with E-state index in [1.54, 1.807) is 42.5 Å². The van der Waals surface area contributed by atoms with Gasteiger partial charge in [0.1, 0.15) is 13.2 Å². The van der Waals surface area contributed by atoms with Crippen LogP contribution in [-0.4, -0.2) is 31.1 Å². The number of benzene rings is 2. The largest absolute Gasteiger partial charge is 0.486 e. The summed E-state index contributed by atoms with van der Waals surface area (Å²) in [5.74, 6) is 0.897. The van der Waals surface area contributed by atoms with Crippen LogP contribution in [0.1, 0.15) is 59.2 Å². The lowest BCUT2D eigenvalue weighted by molar-refractivity contribution is 0.0933. The number of amides is 2. The zero-order chi connectivity index (χ0) is 20.1. The molecule has 152 valence electrons. The molecule has 0 bridgehead atoms. The number of rotatable bonds is 4. The van der Waals surface area contributed by atoms with Gasteiger partial charge in [0.2, 0.25) is 0 Å². The van der Waals surface area contributed by atoms with Gasteiger partial charge >= 0.3 is 0 Å². The van der Waals surface area contributed by atoms with E-state index in [4.69, 9.17) is 9.47 Å². The second-order valence-corrected chi connectivity index (χ2v) is 7.56. The monoisotopic (exact) mass is 394 g/mol. The van der Waals surface area contributed by atoms with Crippen LogP contribution in [0, 0.1) is 0 Å². The molecule has 2 aliphatic rings. The molecule has 2 N–H and O–H groups in total. The summed E-state index contributed by atoms with van der Waals surface area (Å²) >= 11 is 0. The molecule has 6 nitrogen and oxygen atoms in total. The molecule has 1 aliphatic carbocycles. The minimum Gasteiger partial charge on any atom is -0.486 e. The van der Waals surface area contributed by atoms with Crippen molar-refractivity contribution in [2.24, 2.45) is 0 Å². The summed E-state index contributed by atoms with van der Waals surface area (Å²) in [5, 5.41) is 5.98. The summed E-state index contributed by atoms with van der Waals surface area (Å²) in [6.07, 6.45) is 6.84. The van der Waals surface area contributed by atoms with Gasteiger partial charge in [-0.15, -0.1) is 0 Å². The zero-order valence-electron chi connectivity index (χ0n) is 16.4. The fourth-order valence-electron chi connectivity index (χ4n) is 3.82. The van der Waals surface area contributed by atoms with Gasteiger partial charge in [0.15, 0.2) is 11.5 Å². The first-order valence-corrected chi connectivity index (χ1v) is 10.3. The van der Waals surface area contributed by atoms with Gasteiger partial charge in [0.25, 0.3) is 11.8 Å². The van der Waals surface area contributed by atoms with Crippen molar-refractivity contribution in [3.05, 3.63) is 53.6 Å². The van der Waals surface area contributed by atoms with E-state index in [-0.39, 0.29) is 17.9 Å². The van der Waals surface area contributed by atoms with E-state index in [0.29, 0.717) is 41.5 Å². The molecule has 29 heavy (non-hydrogen) atoms. The number of fused-ring (bicyclic) bond motifs is 1. The summed E-state index contributed by atoms with van der Waals surface area (Å²) in [4.78, 5) is 25.3. The van der Waals surface area contributed by atoms with Crippen LogP contribution in [0.3, 0.4) is 0 Å². The molecule has 6 heteroatoms. The Morgan fingerprint density at radius 2 is 1.48 bits per heavy atom. The van der Waals surface area contributed by atoms with Crippen LogP contribution in [0.2, 0.25) is 0 Å². The van der Waals surface area contributed by atoms with Crippen molar-refractivity contribution in [2.45, 2.75) is 44.6 Å². The van der Waals surface area contributed by atoms with Gasteiger partial charge < -0.3 is 20.1 Å². The van der Waals surface area contributed by atoms with Crippen LogP contribution in [0.25, 0.3) is 0 Å². The summed E-state index contributed by atoms with van der Waals surface area (Å²) in [5.41, 5.74) is 1.56. The predicted octanol–water partition coefficient (Wildman–Crippen LogP) is 4.16. The van der Waals surface area contributed by atoms with Gasteiger partial charge in [-0.25, -0.2) is 0 Å². The lowest BCUT2D eigenvalue weighted by Gasteiger charge is -2.19. The summed E-state index contributed by atoms with van der Waals surface area (Å²) in [6.45, 7) is 1.01. The minimum atomic E-state index is -0.272. The Kier molecular flexibility index (Phi) is 5.98. The molecule has 2 amide bonds. The molecule has 1 fully saturated rings. The third-order valence-corrected chi connectivity index (χ3v) is 5.38. The average molecular weight is 394 g/mol. The highest BCUT2D eigenvalue weighted by molar-refractivity contribution is 6.06. The quantitative estimate of drug-likeness (QED) is 0.764. The van der Waals surface area contributed by atoms with Gasteiger partial charge in [-0.1, -0.05) is 31.7 Å². The fourth-order valence-corrected chi connectivity index (χ4v) is 3.82. The normalized spacial score (nSPS) is 16.6. The first-order valence-electron chi connectivity index (χ1n) is 10.3. The van der Waals surface area contributed by atoms with Crippen molar-refractivity contribution < 1.29 is 19.1 Å². The maximum absolute atomic E-state index is 12.7. The third kappa shape index (κ3) is 4.88. The van der Waals surface area contributed by atoms with Gasteiger partial charge in [0, 0.05) is 28.9 Å². The number of hydrogen-bond acceptors (Lipinski definition) is 4. The number of nitrogens with one attached hydrogen (secondary N) is 2. The Morgan fingerprint density at radius 1 is 0.793 bits per heavy atom. The van der Waals surface area contributed by atoms with Crippen LogP contribution in [0.15, 0.2) is 42.5 Å². The molecule has 0 unspecified atom stereocenters. The van der Waals surface area contributed by atoms with Crippen LogP contribution in [0.4, 0.5) is 5.69 Å².